The molecule has 1 heterocycles. The van der Waals surface area contributed by atoms with E-state index in [9.17, 15) is 27.7 Å². The van der Waals surface area contributed by atoms with Gasteiger partial charge >= 0.3 is 6.09 Å². The molecule has 0 spiro atoms. The standard InChI is InChI=1S/C18H22FN3O6S/c1-16(2,3)28-15(23)20-14-17(4,5)29(26,27)13-9-18(13,21-14)11-8-10(22(24)25)6-7-12(11)19/h6-8,13H,9H2,1-5H3,(H,20,21,23)/t13-,18-/m1/s1. The molecular formula is C18H22FN3O6S. The van der Waals surface area contributed by atoms with Gasteiger partial charge in [0.25, 0.3) is 5.69 Å². The van der Waals surface area contributed by atoms with Crippen molar-refractivity contribution >= 4 is 27.5 Å². The number of rotatable bonds is 2. The van der Waals surface area contributed by atoms with E-state index in [1.165, 1.54) is 13.8 Å². The number of ether oxygens (including phenoxy) is 1. The van der Waals surface area contributed by atoms with Gasteiger partial charge in [-0.05, 0) is 47.1 Å². The molecule has 1 fully saturated rings. The summed E-state index contributed by atoms with van der Waals surface area (Å²) in [4.78, 5) is 27.0. The number of alkyl carbamates (subject to hydrolysis) is 1. The number of carbonyl (C=O) groups is 1. The van der Waals surface area contributed by atoms with E-state index < -0.39 is 47.8 Å². The molecule has 0 unspecified atom stereocenters. The van der Waals surface area contributed by atoms with E-state index in [1.807, 2.05) is 0 Å². The van der Waals surface area contributed by atoms with Gasteiger partial charge in [0.1, 0.15) is 27.5 Å². The van der Waals surface area contributed by atoms with Crippen LogP contribution in [0.4, 0.5) is 14.9 Å². The SMILES string of the molecule is CC(C)(C)OC(=O)NC1=N[C@@]2(c3cc([N+](=O)[O-])ccc3F)C[C@H]2S(=O)(=O)C1(C)C. The second-order valence-electron chi connectivity index (χ2n) is 8.68. The van der Waals surface area contributed by atoms with Crippen molar-refractivity contribution in [1.82, 2.24) is 5.32 Å². The number of nitrogens with one attached hydrogen (secondary N) is 1. The maximum atomic E-state index is 14.5. The van der Waals surface area contributed by atoms with Crippen LogP contribution in [0.5, 0.6) is 0 Å². The molecular weight excluding hydrogens is 405 g/mol. The third-order valence-corrected chi connectivity index (χ3v) is 8.00. The number of aliphatic imine (C=N–C) groups is 1. The lowest BCUT2D eigenvalue weighted by atomic mass is 10.0. The van der Waals surface area contributed by atoms with Crippen LogP contribution in [0.2, 0.25) is 0 Å². The monoisotopic (exact) mass is 427 g/mol. The Bertz CT molecular complexity index is 1040. The van der Waals surface area contributed by atoms with Crippen LogP contribution in [-0.2, 0) is 20.1 Å². The van der Waals surface area contributed by atoms with Gasteiger partial charge < -0.3 is 4.74 Å². The first-order valence-corrected chi connectivity index (χ1v) is 10.4. The molecule has 1 N–H and O–H groups in total. The fourth-order valence-electron chi connectivity index (χ4n) is 3.41. The first-order chi connectivity index (χ1) is 13.1. The van der Waals surface area contributed by atoms with Crippen molar-refractivity contribution in [2.24, 2.45) is 4.99 Å². The van der Waals surface area contributed by atoms with Crippen molar-refractivity contribution < 1.29 is 27.3 Å². The van der Waals surface area contributed by atoms with Gasteiger partial charge in [-0.15, -0.1) is 0 Å². The Morgan fingerprint density at radius 2 is 2.00 bits per heavy atom. The van der Waals surface area contributed by atoms with Crippen LogP contribution in [0.1, 0.15) is 46.6 Å². The highest BCUT2D eigenvalue weighted by molar-refractivity contribution is 7.94. The van der Waals surface area contributed by atoms with Crippen molar-refractivity contribution in [3.8, 4) is 0 Å². The molecule has 158 valence electrons. The number of nitrogens with zero attached hydrogens (tertiary/aromatic N) is 2. The number of sulfone groups is 1. The number of benzene rings is 1. The van der Waals surface area contributed by atoms with Crippen LogP contribution in [0.3, 0.4) is 0 Å². The number of hydrogen-bond acceptors (Lipinski definition) is 7. The Kier molecular flexibility index (Phi) is 4.54. The van der Waals surface area contributed by atoms with Gasteiger partial charge in [0.05, 0.1) is 10.2 Å². The fourth-order valence-corrected chi connectivity index (χ4v) is 5.66. The predicted octanol–water partition coefficient (Wildman–Crippen LogP) is 2.83. The number of amidine groups is 1. The molecule has 1 aromatic rings. The maximum Gasteiger partial charge on any atom is 0.413 e. The van der Waals surface area contributed by atoms with Gasteiger partial charge in [-0.1, -0.05) is 0 Å². The van der Waals surface area contributed by atoms with E-state index in [1.54, 1.807) is 20.8 Å². The van der Waals surface area contributed by atoms with Crippen molar-refractivity contribution in [2.45, 2.75) is 62.2 Å². The van der Waals surface area contributed by atoms with E-state index in [0.717, 1.165) is 18.2 Å². The third kappa shape index (κ3) is 3.37. The Morgan fingerprint density at radius 3 is 2.55 bits per heavy atom. The van der Waals surface area contributed by atoms with Crippen molar-refractivity contribution in [3.63, 3.8) is 0 Å². The molecule has 1 saturated carbocycles. The van der Waals surface area contributed by atoms with Crippen LogP contribution in [0, 0.1) is 15.9 Å². The highest BCUT2D eigenvalue weighted by atomic mass is 32.2. The van der Waals surface area contributed by atoms with E-state index in [-0.39, 0.29) is 23.5 Å². The second-order valence-corrected chi connectivity index (χ2v) is 11.4. The summed E-state index contributed by atoms with van der Waals surface area (Å²) >= 11 is 0. The van der Waals surface area contributed by atoms with Crippen molar-refractivity contribution in [1.29, 1.82) is 0 Å². The van der Waals surface area contributed by atoms with Crippen LogP contribution in [0.15, 0.2) is 23.2 Å². The highest BCUT2D eigenvalue weighted by Gasteiger charge is 2.71. The van der Waals surface area contributed by atoms with Crippen molar-refractivity contribution in [3.05, 3.63) is 39.7 Å². The van der Waals surface area contributed by atoms with E-state index in [0.29, 0.717) is 0 Å². The van der Waals surface area contributed by atoms with Crippen LogP contribution in [-0.4, -0.2) is 40.9 Å². The Labute approximate surface area is 167 Å². The number of nitro groups is 1. The molecule has 2 atom stereocenters. The van der Waals surface area contributed by atoms with Crippen LogP contribution < -0.4 is 5.32 Å². The number of amides is 1. The number of non-ortho nitro benzene ring substituents is 1. The molecule has 0 saturated heterocycles. The molecule has 3 rings (SSSR count). The zero-order valence-corrected chi connectivity index (χ0v) is 17.5. The molecule has 0 aromatic heterocycles. The summed E-state index contributed by atoms with van der Waals surface area (Å²) in [5.74, 6) is -0.986. The number of halogens is 1. The second kappa shape index (κ2) is 6.22. The normalized spacial score (nSPS) is 26.7. The average molecular weight is 427 g/mol. The smallest absolute Gasteiger partial charge is 0.413 e. The van der Waals surface area contributed by atoms with Crippen LogP contribution >= 0.6 is 0 Å². The molecule has 0 radical (unpaired) electrons. The fraction of sp³-hybridized carbons (Fsp3) is 0.556. The van der Waals surface area contributed by atoms with E-state index >= 15 is 0 Å². The number of carbonyl (C=O) groups excluding carboxylic acids is 1. The molecule has 1 aliphatic heterocycles. The molecule has 1 aromatic carbocycles. The summed E-state index contributed by atoms with van der Waals surface area (Å²) in [5, 5.41) is 12.4. The minimum atomic E-state index is -3.90. The Hall–Kier alpha value is -2.56. The average Bonchev–Trinajstić information content (AvgIpc) is 3.28. The molecule has 1 amide bonds. The summed E-state index contributed by atoms with van der Waals surface area (Å²) in [6, 6.07) is 2.91. The summed E-state index contributed by atoms with van der Waals surface area (Å²) in [7, 11) is -3.90. The Morgan fingerprint density at radius 1 is 1.38 bits per heavy atom. The number of nitro benzene ring substituents is 1. The van der Waals surface area contributed by atoms with Gasteiger partial charge in [0.2, 0.25) is 0 Å². The molecule has 0 bridgehead atoms. The quantitative estimate of drug-likeness (QED) is 0.571. The van der Waals surface area contributed by atoms with Gasteiger partial charge in [-0.3, -0.25) is 20.4 Å². The topological polar surface area (TPSA) is 128 Å². The summed E-state index contributed by atoms with van der Waals surface area (Å²) in [6.07, 6.45) is -0.927. The third-order valence-electron chi connectivity index (χ3n) is 5.08. The summed E-state index contributed by atoms with van der Waals surface area (Å²) < 4.78 is 44.4. The molecule has 1 aliphatic carbocycles. The van der Waals surface area contributed by atoms with Gasteiger partial charge in [-0.25, -0.2) is 17.6 Å². The Balaban J connectivity index is 2.11. The summed E-state index contributed by atoms with van der Waals surface area (Å²) in [5.41, 5.74) is -2.90. The number of fused-ring (bicyclic) bond motifs is 1. The minimum Gasteiger partial charge on any atom is -0.444 e. The molecule has 2 aliphatic rings. The molecule has 29 heavy (non-hydrogen) atoms. The first-order valence-electron chi connectivity index (χ1n) is 8.90. The zero-order chi connectivity index (χ0) is 22.0. The summed E-state index contributed by atoms with van der Waals surface area (Å²) in [6.45, 7) is 7.73. The lowest BCUT2D eigenvalue weighted by Crippen LogP contribution is -2.55. The maximum absolute atomic E-state index is 14.5. The van der Waals surface area contributed by atoms with Gasteiger partial charge in [-0.2, -0.15) is 0 Å². The van der Waals surface area contributed by atoms with Crippen LogP contribution in [0.25, 0.3) is 0 Å². The highest BCUT2D eigenvalue weighted by Crippen LogP contribution is 2.59. The van der Waals surface area contributed by atoms with Gasteiger partial charge in [0.15, 0.2) is 9.84 Å². The predicted molar refractivity (Wildman–Crippen MR) is 103 cm³/mol. The molecule has 9 nitrogen and oxygen atoms in total. The van der Waals surface area contributed by atoms with Gasteiger partial charge in [0, 0.05) is 17.7 Å². The lowest BCUT2D eigenvalue weighted by Gasteiger charge is -2.33. The number of hydrogen-bond donors (Lipinski definition) is 1. The van der Waals surface area contributed by atoms with Crippen molar-refractivity contribution in [2.75, 3.05) is 0 Å². The zero-order valence-electron chi connectivity index (χ0n) is 16.6. The van der Waals surface area contributed by atoms with E-state index in [4.69, 9.17) is 4.74 Å². The minimum absolute atomic E-state index is 0.0314. The van der Waals surface area contributed by atoms with E-state index in [2.05, 4.69) is 10.3 Å². The molecule has 11 heteroatoms. The first kappa shape index (κ1) is 21.2. The lowest BCUT2D eigenvalue weighted by molar-refractivity contribution is -0.385. The largest absolute Gasteiger partial charge is 0.444 e.